The van der Waals surface area contributed by atoms with Crippen LogP contribution in [0.15, 0.2) is 22.9 Å². The predicted molar refractivity (Wildman–Crippen MR) is 64.4 cm³/mol. The zero-order chi connectivity index (χ0) is 9.68. The molecule has 3 nitrogen and oxygen atoms in total. The number of nitrogens with zero attached hydrogens (tertiary/aromatic N) is 1. The Balaban J connectivity index is 0.00000169. The van der Waals surface area contributed by atoms with Crippen molar-refractivity contribution in [2.75, 3.05) is 6.54 Å². The maximum absolute atomic E-state index is 5.93. The van der Waals surface area contributed by atoms with Crippen molar-refractivity contribution in [1.29, 1.82) is 0 Å². The molecule has 0 bridgehead atoms. The number of nitrogens with two attached hydrogens (primary N) is 2. The molecule has 0 saturated carbocycles. The molecule has 1 heterocycles. The molecule has 0 amide bonds. The lowest BCUT2D eigenvalue weighted by molar-refractivity contribution is 0.616. The Kier molecular flexibility index (Phi) is 7.09. The van der Waals surface area contributed by atoms with Crippen molar-refractivity contribution in [3.63, 3.8) is 0 Å². The molecule has 0 saturated heterocycles. The molecule has 5 heteroatoms. The van der Waals surface area contributed by atoms with Crippen molar-refractivity contribution in [2.45, 2.75) is 18.9 Å². The summed E-state index contributed by atoms with van der Waals surface area (Å²) in [5, 5.41) is 0. The van der Waals surface area contributed by atoms with Crippen molar-refractivity contribution < 1.29 is 0 Å². The van der Waals surface area contributed by atoms with Crippen molar-refractivity contribution in [3.05, 3.63) is 28.5 Å². The smallest absolute Gasteiger partial charge is 0.0410 e. The Bertz CT molecular complexity index is 270. The summed E-state index contributed by atoms with van der Waals surface area (Å²) in [5.74, 6) is 0. The normalized spacial score (nSPS) is 11.9. The highest BCUT2D eigenvalue weighted by Gasteiger charge is 2.05. The summed E-state index contributed by atoms with van der Waals surface area (Å²) in [6.07, 6.45) is 5.41. The van der Waals surface area contributed by atoms with Crippen LogP contribution in [-0.4, -0.2) is 11.5 Å². The second-order valence-electron chi connectivity index (χ2n) is 2.97. The monoisotopic (exact) mass is 279 g/mol. The second-order valence-corrected chi connectivity index (χ2v) is 3.89. The molecular formula is C9H15BrClN3. The molecule has 4 N–H and O–H groups in total. The van der Waals surface area contributed by atoms with Gasteiger partial charge < -0.3 is 11.5 Å². The summed E-state index contributed by atoms with van der Waals surface area (Å²) in [6, 6.07) is 2.04. The van der Waals surface area contributed by atoms with Crippen molar-refractivity contribution >= 4 is 28.3 Å². The van der Waals surface area contributed by atoms with E-state index in [-0.39, 0.29) is 18.4 Å². The van der Waals surface area contributed by atoms with Crippen LogP contribution in [0, 0.1) is 0 Å². The van der Waals surface area contributed by atoms with Gasteiger partial charge in [-0.15, -0.1) is 12.4 Å². The molecule has 1 rings (SSSR count). The Hall–Kier alpha value is -0.160. The topological polar surface area (TPSA) is 64.9 Å². The molecule has 80 valence electrons. The minimum Gasteiger partial charge on any atom is -0.330 e. The molecule has 0 fully saturated rings. The molecule has 0 aliphatic heterocycles. The van der Waals surface area contributed by atoms with Crippen LogP contribution in [0.1, 0.15) is 24.4 Å². The summed E-state index contributed by atoms with van der Waals surface area (Å²) in [6.45, 7) is 0.690. The molecule has 1 aromatic rings. The largest absolute Gasteiger partial charge is 0.330 e. The zero-order valence-electron chi connectivity index (χ0n) is 7.82. The van der Waals surface area contributed by atoms with E-state index in [2.05, 4.69) is 20.9 Å². The van der Waals surface area contributed by atoms with Crippen LogP contribution >= 0.6 is 28.3 Å². The quantitative estimate of drug-likeness (QED) is 0.886. The summed E-state index contributed by atoms with van der Waals surface area (Å²) in [5.41, 5.74) is 12.4. The fourth-order valence-corrected chi connectivity index (χ4v) is 1.52. The molecule has 0 aliphatic carbocycles. The van der Waals surface area contributed by atoms with Crippen molar-refractivity contribution in [2.24, 2.45) is 11.5 Å². The van der Waals surface area contributed by atoms with Crippen LogP contribution in [0.3, 0.4) is 0 Å². The molecule has 0 spiro atoms. The van der Waals surface area contributed by atoms with Crippen molar-refractivity contribution in [3.8, 4) is 0 Å². The standard InChI is InChI=1S/C9H14BrN3.ClH/c10-8-4-7(5-13-6-8)9(12)2-1-3-11;/h4-6,9H,1-3,11-12H2;1H/t9-;/m0./s1. The average Bonchev–Trinajstić information content (AvgIpc) is 2.14. The molecule has 0 radical (unpaired) electrons. The molecule has 14 heavy (non-hydrogen) atoms. The number of aromatic nitrogens is 1. The molecule has 0 aliphatic rings. The van der Waals surface area contributed by atoms with Gasteiger partial charge in [0.15, 0.2) is 0 Å². The maximum Gasteiger partial charge on any atom is 0.0410 e. The van der Waals surface area contributed by atoms with Crippen molar-refractivity contribution in [1.82, 2.24) is 4.98 Å². The van der Waals surface area contributed by atoms with E-state index >= 15 is 0 Å². The number of rotatable bonds is 4. The van der Waals surface area contributed by atoms with Crippen LogP contribution in [0.5, 0.6) is 0 Å². The molecule has 0 aromatic carbocycles. The van der Waals surface area contributed by atoms with E-state index in [1.807, 2.05) is 6.07 Å². The van der Waals surface area contributed by atoms with E-state index in [9.17, 15) is 0 Å². The van der Waals surface area contributed by atoms with Gasteiger partial charge in [-0.25, -0.2) is 0 Å². The van der Waals surface area contributed by atoms with E-state index in [0.29, 0.717) is 6.54 Å². The Morgan fingerprint density at radius 3 is 2.71 bits per heavy atom. The number of halogens is 2. The van der Waals surface area contributed by atoms with Gasteiger partial charge in [-0.1, -0.05) is 0 Å². The second kappa shape index (κ2) is 7.17. The minimum absolute atomic E-state index is 0. The molecule has 1 aromatic heterocycles. The first kappa shape index (κ1) is 13.8. The van der Waals surface area contributed by atoms with E-state index in [4.69, 9.17) is 11.5 Å². The lowest BCUT2D eigenvalue weighted by Gasteiger charge is -2.10. The van der Waals surface area contributed by atoms with Gasteiger partial charge in [-0.2, -0.15) is 0 Å². The van der Waals surface area contributed by atoms with E-state index in [1.54, 1.807) is 12.4 Å². The molecular weight excluding hydrogens is 265 g/mol. The molecule has 0 unspecified atom stereocenters. The van der Waals surface area contributed by atoms with Crippen LogP contribution in [0.2, 0.25) is 0 Å². The highest BCUT2D eigenvalue weighted by Crippen LogP contribution is 2.17. The summed E-state index contributed by atoms with van der Waals surface area (Å²) >= 11 is 3.36. The number of pyridine rings is 1. The van der Waals surface area contributed by atoms with Crippen LogP contribution < -0.4 is 11.5 Å². The number of hydrogen-bond donors (Lipinski definition) is 2. The minimum atomic E-state index is 0. The van der Waals surface area contributed by atoms with Crippen LogP contribution in [-0.2, 0) is 0 Å². The lowest BCUT2D eigenvalue weighted by Crippen LogP contribution is -2.12. The first-order valence-electron chi connectivity index (χ1n) is 4.30. The first-order valence-corrected chi connectivity index (χ1v) is 5.09. The molecule has 1 atom stereocenters. The third-order valence-electron chi connectivity index (χ3n) is 1.87. The maximum atomic E-state index is 5.93. The Labute approximate surface area is 98.8 Å². The van der Waals surface area contributed by atoms with Gasteiger partial charge in [0, 0.05) is 22.9 Å². The van der Waals surface area contributed by atoms with Gasteiger partial charge in [0.2, 0.25) is 0 Å². The summed E-state index contributed by atoms with van der Waals surface area (Å²) in [7, 11) is 0. The van der Waals surface area contributed by atoms with E-state index in [1.165, 1.54) is 0 Å². The van der Waals surface area contributed by atoms with E-state index in [0.717, 1.165) is 22.9 Å². The van der Waals surface area contributed by atoms with Gasteiger partial charge in [0.1, 0.15) is 0 Å². The third kappa shape index (κ3) is 4.37. The van der Waals surface area contributed by atoms with Gasteiger partial charge in [-0.05, 0) is 46.9 Å². The highest BCUT2D eigenvalue weighted by molar-refractivity contribution is 9.10. The Morgan fingerprint density at radius 2 is 2.14 bits per heavy atom. The SMILES string of the molecule is Cl.NCCC[C@H](N)c1cncc(Br)c1. The van der Waals surface area contributed by atoms with Gasteiger partial charge in [0.05, 0.1) is 0 Å². The van der Waals surface area contributed by atoms with E-state index < -0.39 is 0 Å². The van der Waals surface area contributed by atoms with Gasteiger partial charge >= 0.3 is 0 Å². The first-order chi connectivity index (χ1) is 6.24. The predicted octanol–water partition coefficient (Wildman–Crippen LogP) is 2.00. The average molecular weight is 281 g/mol. The fraction of sp³-hybridized carbons (Fsp3) is 0.444. The van der Waals surface area contributed by atoms with Gasteiger partial charge in [-0.3, -0.25) is 4.98 Å². The van der Waals surface area contributed by atoms with Crippen LogP contribution in [0.25, 0.3) is 0 Å². The van der Waals surface area contributed by atoms with Gasteiger partial charge in [0.25, 0.3) is 0 Å². The lowest BCUT2D eigenvalue weighted by atomic mass is 10.1. The van der Waals surface area contributed by atoms with Crippen LogP contribution in [0.4, 0.5) is 0 Å². The number of hydrogen-bond acceptors (Lipinski definition) is 3. The fourth-order valence-electron chi connectivity index (χ4n) is 1.14. The Morgan fingerprint density at radius 1 is 1.43 bits per heavy atom. The summed E-state index contributed by atoms with van der Waals surface area (Å²) < 4.78 is 0.966. The zero-order valence-corrected chi connectivity index (χ0v) is 10.2. The third-order valence-corrected chi connectivity index (χ3v) is 2.31. The summed E-state index contributed by atoms with van der Waals surface area (Å²) in [4.78, 5) is 4.06. The highest BCUT2D eigenvalue weighted by atomic mass is 79.9.